The molecular formula is C10H11FOS2. The molecule has 0 spiro atoms. The molecule has 0 saturated heterocycles. The summed E-state index contributed by atoms with van der Waals surface area (Å²) in [5, 5.41) is 0. The van der Waals surface area contributed by atoms with Gasteiger partial charge in [-0.1, -0.05) is 0 Å². The fourth-order valence-corrected chi connectivity index (χ4v) is 2.07. The Hall–Kier alpha value is -0.610. The fraction of sp³-hybridized carbons (Fsp3) is 0.300. The molecule has 0 aliphatic carbocycles. The van der Waals surface area contributed by atoms with E-state index in [1.54, 1.807) is 19.1 Å². The molecule has 1 nitrogen and oxygen atoms in total. The summed E-state index contributed by atoms with van der Waals surface area (Å²) < 4.78 is 18.5. The van der Waals surface area contributed by atoms with Gasteiger partial charge in [-0.05, 0) is 61.6 Å². The molecule has 0 amide bonds. The number of hydrogen-bond acceptors (Lipinski definition) is 3. The van der Waals surface area contributed by atoms with Crippen molar-refractivity contribution in [3.63, 3.8) is 0 Å². The molecule has 0 atom stereocenters. The lowest BCUT2D eigenvalue weighted by atomic mass is 10.2. The minimum absolute atomic E-state index is 0.198. The van der Waals surface area contributed by atoms with Crippen LogP contribution in [-0.4, -0.2) is 11.0 Å². The van der Waals surface area contributed by atoms with E-state index in [4.69, 9.17) is 17.0 Å². The second-order valence-electron chi connectivity index (χ2n) is 2.70. The van der Waals surface area contributed by atoms with E-state index in [1.165, 1.54) is 17.8 Å². The van der Waals surface area contributed by atoms with E-state index in [0.717, 1.165) is 4.90 Å². The largest absolute Gasteiger partial charge is 0.479 e. The molecule has 0 bridgehead atoms. The minimum atomic E-state index is -0.198. The second-order valence-corrected chi connectivity index (χ2v) is 4.37. The zero-order chi connectivity index (χ0) is 10.6. The van der Waals surface area contributed by atoms with Gasteiger partial charge in [0.1, 0.15) is 5.82 Å². The number of rotatable bonds is 2. The van der Waals surface area contributed by atoms with Gasteiger partial charge in [0.25, 0.3) is 0 Å². The van der Waals surface area contributed by atoms with Crippen molar-refractivity contribution in [2.24, 2.45) is 0 Å². The SMILES string of the molecule is CCOC(=S)Sc1ccc(F)c(C)c1. The van der Waals surface area contributed by atoms with E-state index in [9.17, 15) is 4.39 Å². The Labute approximate surface area is 92.7 Å². The first-order chi connectivity index (χ1) is 6.63. The van der Waals surface area contributed by atoms with Crippen molar-refractivity contribution in [3.05, 3.63) is 29.6 Å². The maximum Gasteiger partial charge on any atom is 0.224 e. The van der Waals surface area contributed by atoms with Crippen LogP contribution in [0.5, 0.6) is 0 Å². The highest BCUT2D eigenvalue weighted by molar-refractivity contribution is 8.22. The van der Waals surface area contributed by atoms with E-state index in [2.05, 4.69) is 0 Å². The van der Waals surface area contributed by atoms with Gasteiger partial charge < -0.3 is 4.74 Å². The van der Waals surface area contributed by atoms with Gasteiger partial charge in [0.15, 0.2) is 0 Å². The highest BCUT2D eigenvalue weighted by atomic mass is 32.2. The molecule has 1 aromatic rings. The van der Waals surface area contributed by atoms with E-state index in [1.807, 2.05) is 6.92 Å². The minimum Gasteiger partial charge on any atom is -0.479 e. The van der Waals surface area contributed by atoms with Crippen molar-refractivity contribution in [3.8, 4) is 0 Å². The number of ether oxygens (including phenoxy) is 1. The number of thioether (sulfide) groups is 1. The predicted molar refractivity (Wildman–Crippen MR) is 61.2 cm³/mol. The number of benzene rings is 1. The average molecular weight is 230 g/mol. The quantitative estimate of drug-likeness (QED) is 0.568. The molecule has 0 radical (unpaired) electrons. The normalized spacial score (nSPS) is 9.93. The van der Waals surface area contributed by atoms with Crippen LogP contribution in [0.3, 0.4) is 0 Å². The van der Waals surface area contributed by atoms with E-state index >= 15 is 0 Å². The summed E-state index contributed by atoms with van der Waals surface area (Å²) in [4.78, 5) is 0.905. The third kappa shape index (κ3) is 3.27. The molecule has 76 valence electrons. The van der Waals surface area contributed by atoms with Crippen LogP contribution < -0.4 is 0 Å². The van der Waals surface area contributed by atoms with Gasteiger partial charge in [-0.15, -0.1) is 0 Å². The first-order valence-electron chi connectivity index (χ1n) is 4.24. The second kappa shape index (κ2) is 5.32. The Balaban J connectivity index is 2.68. The van der Waals surface area contributed by atoms with Crippen LogP contribution in [0.25, 0.3) is 0 Å². The third-order valence-corrected chi connectivity index (χ3v) is 2.73. The van der Waals surface area contributed by atoms with Gasteiger partial charge in [0, 0.05) is 4.90 Å². The van der Waals surface area contributed by atoms with Crippen molar-refractivity contribution in [1.29, 1.82) is 0 Å². The molecule has 0 aliphatic rings. The molecule has 0 fully saturated rings. The van der Waals surface area contributed by atoms with E-state index in [0.29, 0.717) is 16.6 Å². The third-order valence-electron chi connectivity index (χ3n) is 1.59. The predicted octanol–water partition coefficient (Wildman–Crippen LogP) is 3.55. The van der Waals surface area contributed by atoms with Crippen molar-refractivity contribution in [2.75, 3.05) is 6.61 Å². The highest BCUT2D eigenvalue weighted by Crippen LogP contribution is 2.22. The zero-order valence-electron chi connectivity index (χ0n) is 8.04. The molecule has 0 unspecified atom stereocenters. The molecular weight excluding hydrogens is 219 g/mol. The molecule has 0 aromatic heterocycles. The average Bonchev–Trinajstić information content (AvgIpc) is 2.12. The topological polar surface area (TPSA) is 9.23 Å². The molecule has 14 heavy (non-hydrogen) atoms. The van der Waals surface area contributed by atoms with Crippen LogP contribution in [0, 0.1) is 12.7 Å². The summed E-state index contributed by atoms with van der Waals surface area (Å²) in [5.41, 5.74) is 0.620. The molecule has 1 rings (SSSR count). The lowest BCUT2D eigenvalue weighted by Crippen LogP contribution is -1.95. The number of hydrogen-bond donors (Lipinski definition) is 0. The number of thiocarbonyl (C=S) groups is 1. The number of aryl methyl sites for hydroxylation is 1. The van der Waals surface area contributed by atoms with Crippen molar-refractivity contribution < 1.29 is 9.13 Å². The Morgan fingerprint density at radius 2 is 2.29 bits per heavy atom. The lowest BCUT2D eigenvalue weighted by Gasteiger charge is -2.04. The van der Waals surface area contributed by atoms with Crippen molar-refractivity contribution >= 4 is 28.4 Å². The van der Waals surface area contributed by atoms with Gasteiger partial charge in [0.2, 0.25) is 4.38 Å². The first-order valence-corrected chi connectivity index (χ1v) is 5.46. The lowest BCUT2D eigenvalue weighted by molar-refractivity contribution is 0.346. The van der Waals surface area contributed by atoms with Crippen LogP contribution in [-0.2, 0) is 4.74 Å². The summed E-state index contributed by atoms with van der Waals surface area (Å²) in [6.07, 6.45) is 0. The van der Waals surface area contributed by atoms with Gasteiger partial charge in [-0.2, -0.15) is 0 Å². The van der Waals surface area contributed by atoms with Gasteiger partial charge >= 0.3 is 0 Å². The monoisotopic (exact) mass is 230 g/mol. The Morgan fingerprint density at radius 3 is 2.86 bits per heavy atom. The Kier molecular flexibility index (Phi) is 4.35. The molecule has 0 saturated carbocycles. The summed E-state index contributed by atoms with van der Waals surface area (Å²) in [6.45, 7) is 4.16. The van der Waals surface area contributed by atoms with Crippen LogP contribution in [0.15, 0.2) is 23.1 Å². The Morgan fingerprint density at radius 1 is 1.57 bits per heavy atom. The maximum atomic E-state index is 12.9. The van der Waals surface area contributed by atoms with Crippen LogP contribution >= 0.6 is 24.0 Å². The molecule has 0 heterocycles. The van der Waals surface area contributed by atoms with E-state index < -0.39 is 0 Å². The van der Waals surface area contributed by atoms with Crippen LogP contribution in [0.1, 0.15) is 12.5 Å². The number of halogens is 1. The Bertz CT molecular complexity index is 339. The van der Waals surface area contributed by atoms with Crippen molar-refractivity contribution in [2.45, 2.75) is 18.7 Å². The van der Waals surface area contributed by atoms with Crippen LogP contribution in [0.4, 0.5) is 4.39 Å². The van der Waals surface area contributed by atoms with Gasteiger partial charge in [-0.3, -0.25) is 0 Å². The molecule has 0 N–H and O–H groups in total. The standard InChI is InChI=1S/C10H11FOS2/c1-3-12-10(13)14-8-4-5-9(11)7(2)6-8/h4-6H,3H2,1-2H3. The molecule has 4 heteroatoms. The molecule has 1 aromatic carbocycles. The highest BCUT2D eigenvalue weighted by Gasteiger charge is 2.03. The zero-order valence-corrected chi connectivity index (χ0v) is 9.67. The summed E-state index contributed by atoms with van der Waals surface area (Å²) in [7, 11) is 0. The summed E-state index contributed by atoms with van der Waals surface area (Å²) in [5.74, 6) is -0.198. The smallest absolute Gasteiger partial charge is 0.224 e. The maximum absolute atomic E-state index is 12.9. The van der Waals surface area contributed by atoms with Gasteiger partial charge in [0.05, 0.1) is 6.61 Å². The molecule has 0 aliphatic heterocycles. The van der Waals surface area contributed by atoms with E-state index in [-0.39, 0.29) is 5.82 Å². The van der Waals surface area contributed by atoms with Gasteiger partial charge in [-0.25, -0.2) is 4.39 Å². The summed E-state index contributed by atoms with van der Waals surface area (Å²) >= 11 is 6.29. The first kappa shape index (κ1) is 11.5. The fourth-order valence-electron chi connectivity index (χ4n) is 0.924. The summed E-state index contributed by atoms with van der Waals surface area (Å²) in [6, 6.07) is 4.88. The van der Waals surface area contributed by atoms with Crippen molar-refractivity contribution in [1.82, 2.24) is 0 Å². The van der Waals surface area contributed by atoms with Crippen LogP contribution in [0.2, 0.25) is 0 Å².